The van der Waals surface area contributed by atoms with Crippen molar-refractivity contribution in [1.29, 1.82) is 0 Å². The van der Waals surface area contributed by atoms with E-state index in [1.807, 2.05) is 30.9 Å². The average molecular weight is 488 g/mol. The number of nitrogens with zero attached hydrogens (tertiary/aromatic N) is 6. The molecule has 0 saturated heterocycles. The molecule has 5 aromatic rings. The van der Waals surface area contributed by atoms with E-state index >= 15 is 0 Å². The highest BCUT2D eigenvalue weighted by molar-refractivity contribution is 5.95. The molecular formula is C25H26FN9O. The van der Waals surface area contributed by atoms with Crippen molar-refractivity contribution in [3.8, 4) is 11.4 Å². The summed E-state index contributed by atoms with van der Waals surface area (Å²) in [5, 5.41) is 8.27. The van der Waals surface area contributed by atoms with Gasteiger partial charge in [0.25, 0.3) is 5.91 Å². The lowest BCUT2D eigenvalue weighted by molar-refractivity contribution is 0.0921. The summed E-state index contributed by atoms with van der Waals surface area (Å²) >= 11 is 0. The highest BCUT2D eigenvalue weighted by atomic mass is 19.1. The summed E-state index contributed by atoms with van der Waals surface area (Å²) < 4.78 is 17.6. The zero-order valence-corrected chi connectivity index (χ0v) is 20.0. The molecule has 11 heteroatoms. The van der Waals surface area contributed by atoms with Gasteiger partial charge in [0, 0.05) is 55.7 Å². The smallest absolute Gasteiger partial charge is 0.271 e. The van der Waals surface area contributed by atoms with E-state index in [1.165, 1.54) is 12.3 Å². The number of aromatic nitrogens is 7. The molecule has 6 rings (SSSR count). The van der Waals surface area contributed by atoms with E-state index in [-0.39, 0.29) is 18.0 Å². The van der Waals surface area contributed by atoms with Crippen LogP contribution in [0.2, 0.25) is 0 Å². The second kappa shape index (κ2) is 8.74. The standard InChI is InChI=1S/C25H26FN9O/c1-34-12-20(29-13-34)25(36)31-16-5-3-4-15(9-16)30-22-17-6-7-35(2)24(17)33-23(32-22)19-11-28-21-18(19)8-14(26)10-27-21/h6-8,10-13,15-16H,3-5,9H2,1-2H3,(H,27,28)(H,31,36)(H,30,32,33)/t15-,16+/m1/s1. The largest absolute Gasteiger partial charge is 0.367 e. The summed E-state index contributed by atoms with van der Waals surface area (Å²) in [6, 6.07) is 3.60. The van der Waals surface area contributed by atoms with Gasteiger partial charge in [-0.3, -0.25) is 4.79 Å². The molecule has 0 unspecified atom stereocenters. The van der Waals surface area contributed by atoms with E-state index < -0.39 is 5.82 Å². The van der Waals surface area contributed by atoms with Crippen molar-refractivity contribution in [2.45, 2.75) is 37.8 Å². The number of rotatable bonds is 5. The fraction of sp³-hybridized carbons (Fsp3) is 0.320. The Hall–Kier alpha value is -4.28. The molecule has 0 bridgehead atoms. The van der Waals surface area contributed by atoms with Crippen molar-refractivity contribution in [2.24, 2.45) is 14.1 Å². The van der Waals surface area contributed by atoms with Crippen LogP contribution in [0, 0.1) is 5.82 Å². The van der Waals surface area contributed by atoms with Crippen LogP contribution in [-0.4, -0.2) is 52.0 Å². The van der Waals surface area contributed by atoms with Crippen molar-refractivity contribution in [3.05, 3.63) is 54.8 Å². The van der Waals surface area contributed by atoms with Gasteiger partial charge in [-0.25, -0.2) is 24.3 Å². The number of carbonyl (C=O) groups is 1. The highest BCUT2D eigenvalue weighted by Crippen LogP contribution is 2.31. The van der Waals surface area contributed by atoms with Crippen LogP contribution < -0.4 is 10.6 Å². The van der Waals surface area contributed by atoms with Gasteiger partial charge < -0.3 is 24.8 Å². The maximum Gasteiger partial charge on any atom is 0.271 e. The third-order valence-corrected chi connectivity index (χ3v) is 6.75. The predicted molar refractivity (Wildman–Crippen MR) is 134 cm³/mol. The molecule has 0 spiro atoms. The third kappa shape index (κ3) is 4.06. The summed E-state index contributed by atoms with van der Waals surface area (Å²) in [6.07, 6.45) is 11.9. The SMILES string of the molecule is Cn1cnc(C(=O)N[C@H]2CCC[C@@H](Nc3nc(-c4c[nH]c5ncc(F)cc45)nc4c3ccn4C)C2)c1. The van der Waals surface area contributed by atoms with Crippen LogP contribution in [-0.2, 0) is 14.1 Å². The molecule has 0 aliphatic heterocycles. The highest BCUT2D eigenvalue weighted by Gasteiger charge is 2.26. The minimum atomic E-state index is -0.414. The molecule has 3 N–H and O–H groups in total. The topological polar surface area (TPSA) is 118 Å². The van der Waals surface area contributed by atoms with Crippen LogP contribution >= 0.6 is 0 Å². The Bertz CT molecular complexity index is 1580. The molecule has 184 valence electrons. The maximum absolute atomic E-state index is 13.9. The monoisotopic (exact) mass is 487 g/mol. The van der Waals surface area contributed by atoms with E-state index in [9.17, 15) is 9.18 Å². The Morgan fingerprint density at radius 2 is 2.03 bits per heavy atom. The van der Waals surface area contributed by atoms with Gasteiger partial charge in [-0.1, -0.05) is 0 Å². The number of aryl methyl sites for hydroxylation is 2. The van der Waals surface area contributed by atoms with E-state index in [4.69, 9.17) is 9.97 Å². The number of hydrogen-bond acceptors (Lipinski definition) is 6. The Morgan fingerprint density at radius 3 is 2.86 bits per heavy atom. The molecule has 1 amide bonds. The number of imidazole rings is 1. The fourth-order valence-corrected chi connectivity index (χ4v) is 4.96. The Kier molecular flexibility index (Phi) is 5.39. The number of fused-ring (bicyclic) bond motifs is 2. The van der Waals surface area contributed by atoms with Crippen LogP contribution in [0.3, 0.4) is 0 Å². The molecular weight excluding hydrogens is 461 g/mol. The Labute approximate surface area is 206 Å². The van der Waals surface area contributed by atoms with Gasteiger partial charge in [-0.2, -0.15) is 0 Å². The molecule has 36 heavy (non-hydrogen) atoms. The summed E-state index contributed by atoms with van der Waals surface area (Å²) in [6.45, 7) is 0. The van der Waals surface area contributed by atoms with Crippen LogP contribution in [0.4, 0.5) is 10.2 Å². The lowest BCUT2D eigenvalue weighted by Crippen LogP contribution is -2.42. The minimum Gasteiger partial charge on any atom is -0.367 e. The molecule has 0 radical (unpaired) electrons. The predicted octanol–water partition coefficient (Wildman–Crippen LogP) is 3.54. The van der Waals surface area contributed by atoms with E-state index in [2.05, 4.69) is 25.6 Å². The summed E-state index contributed by atoms with van der Waals surface area (Å²) in [7, 11) is 3.77. The lowest BCUT2D eigenvalue weighted by Gasteiger charge is -2.30. The number of hydrogen-bond donors (Lipinski definition) is 3. The molecule has 1 aliphatic carbocycles. The number of nitrogens with one attached hydrogen (secondary N) is 3. The first-order chi connectivity index (χ1) is 17.4. The van der Waals surface area contributed by atoms with Crippen LogP contribution in [0.15, 0.2) is 43.2 Å². The summed E-state index contributed by atoms with van der Waals surface area (Å²) in [5.41, 5.74) is 2.46. The zero-order valence-electron chi connectivity index (χ0n) is 20.0. The number of amides is 1. The number of carbonyl (C=O) groups excluding carboxylic acids is 1. The first kappa shape index (κ1) is 22.2. The molecule has 5 aromatic heterocycles. The quantitative estimate of drug-likeness (QED) is 0.349. The van der Waals surface area contributed by atoms with Crippen molar-refractivity contribution in [2.75, 3.05) is 5.32 Å². The minimum absolute atomic E-state index is 0.0426. The van der Waals surface area contributed by atoms with E-state index in [0.717, 1.165) is 42.5 Å². The second-order valence-electron chi connectivity index (χ2n) is 9.41. The van der Waals surface area contributed by atoms with E-state index in [0.29, 0.717) is 28.1 Å². The number of pyridine rings is 1. The van der Waals surface area contributed by atoms with Crippen LogP contribution in [0.1, 0.15) is 36.2 Å². The van der Waals surface area contributed by atoms with E-state index in [1.54, 1.807) is 23.3 Å². The molecule has 2 atom stereocenters. The van der Waals surface area contributed by atoms with Crippen molar-refractivity contribution in [1.82, 2.24) is 39.4 Å². The molecule has 1 aliphatic rings. The molecule has 5 heterocycles. The molecule has 0 aromatic carbocycles. The summed E-state index contributed by atoms with van der Waals surface area (Å²) in [4.78, 5) is 33.6. The van der Waals surface area contributed by atoms with Crippen LogP contribution in [0.5, 0.6) is 0 Å². The first-order valence-corrected chi connectivity index (χ1v) is 12.0. The number of halogens is 1. The normalized spacial score (nSPS) is 18.1. The van der Waals surface area contributed by atoms with Crippen molar-refractivity contribution in [3.63, 3.8) is 0 Å². The maximum atomic E-state index is 13.9. The molecule has 1 fully saturated rings. The van der Waals surface area contributed by atoms with Crippen LogP contribution in [0.25, 0.3) is 33.5 Å². The fourth-order valence-electron chi connectivity index (χ4n) is 4.96. The van der Waals surface area contributed by atoms with Gasteiger partial charge >= 0.3 is 0 Å². The zero-order chi connectivity index (χ0) is 24.8. The molecule has 1 saturated carbocycles. The third-order valence-electron chi connectivity index (χ3n) is 6.75. The summed E-state index contributed by atoms with van der Waals surface area (Å²) in [5.74, 6) is 0.635. The van der Waals surface area contributed by atoms with Gasteiger partial charge in [-0.15, -0.1) is 0 Å². The first-order valence-electron chi connectivity index (χ1n) is 12.0. The number of H-pyrrole nitrogens is 1. The second-order valence-corrected chi connectivity index (χ2v) is 9.41. The number of aromatic amines is 1. The van der Waals surface area contributed by atoms with Gasteiger partial charge in [0.2, 0.25) is 0 Å². The number of anilines is 1. The lowest BCUT2D eigenvalue weighted by atomic mass is 9.90. The average Bonchev–Trinajstić information content (AvgIpc) is 3.58. The van der Waals surface area contributed by atoms with Gasteiger partial charge in [0.1, 0.15) is 28.6 Å². The Balaban J connectivity index is 1.28. The van der Waals surface area contributed by atoms with Crippen molar-refractivity contribution >= 4 is 33.8 Å². The van der Waals surface area contributed by atoms with Crippen molar-refractivity contribution < 1.29 is 9.18 Å². The van der Waals surface area contributed by atoms with Gasteiger partial charge in [-0.05, 0) is 37.8 Å². The van der Waals surface area contributed by atoms with Gasteiger partial charge in [0.15, 0.2) is 5.82 Å². The molecule has 10 nitrogen and oxygen atoms in total. The Morgan fingerprint density at radius 1 is 1.17 bits per heavy atom. The van der Waals surface area contributed by atoms with Gasteiger partial charge in [0.05, 0.1) is 17.9 Å².